The van der Waals surface area contributed by atoms with Crippen molar-refractivity contribution in [3.05, 3.63) is 0 Å². The lowest BCUT2D eigenvalue weighted by Crippen LogP contribution is -1.74. The number of rotatable bonds is 4. The third-order valence-corrected chi connectivity index (χ3v) is 1.07. The first kappa shape index (κ1) is 9.03. The molecule has 0 aliphatic carbocycles. The fourth-order valence-electron chi connectivity index (χ4n) is 0.571. The number of hydrogen-bond donors (Lipinski definition) is 0. The van der Waals surface area contributed by atoms with E-state index in [-0.39, 0.29) is 0 Å². The van der Waals surface area contributed by atoms with E-state index in [1.807, 2.05) is 0 Å². The summed E-state index contributed by atoms with van der Waals surface area (Å²) < 4.78 is 4.05. The normalized spacial score (nSPS) is 7.70. The van der Waals surface area contributed by atoms with Gasteiger partial charge in [-0.3, -0.25) is 0 Å². The largest absolute Gasteiger partial charge is 0.432 e. The molecule has 10 heavy (non-hydrogen) atoms. The molecule has 0 fully saturated rings. The number of ether oxygens (including phenoxy) is 1. The Morgan fingerprint density at radius 2 is 2.20 bits per heavy atom. The molecule has 0 spiro atoms. The van der Waals surface area contributed by atoms with Crippen LogP contribution < -0.4 is 0 Å². The molecular formula is C8H11O2. The molecule has 0 aromatic rings. The summed E-state index contributed by atoms with van der Waals surface area (Å²) in [6.07, 6.45) is 6.46. The molecule has 1 radical (unpaired) electrons. The highest BCUT2D eigenvalue weighted by molar-refractivity contribution is 5.40. The van der Waals surface area contributed by atoms with E-state index < -0.39 is 0 Å². The Kier molecular flexibility index (Phi) is 7.25. The molecule has 0 saturated carbocycles. The Labute approximate surface area is 61.6 Å². The van der Waals surface area contributed by atoms with Crippen LogP contribution in [0, 0.1) is 12.0 Å². The smallest absolute Gasteiger partial charge is 0.364 e. The third kappa shape index (κ3) is 7.03. The second kappa shape index (κ2) is 8.03. The summed E-state index contributed by atoms with van der Waals surface area (Å²) in [7, 11) is 0. The minimum Gasteiger partial charge on any atom is -0.364 e. The van der Waals surface area contributed by atoms with Gasteiger partial charge in [-0.05, 0) is 6.42 Å². The molecule has 0 aromatic carbocycles. The van der Waals surface area contributed by atoms with Gasteiger partial charge in [0.25, 0.3) is 0 Å². The molecule has 0 atom stereocenters. The topological polar surface area (TPSA) is 26.3 Å². The summed E-state index contributed by atoms with van der Waals surface area (Å²) >= 11 is 0. The van der Waals surface area contributed by atoms with Crippen LogP contribution in [-0.4, -0.2) is 6.47 Å². The van der Waals surface area contributed by atoms with Crippen LogP contribution in [0.15, 0.2) is 0 Å². The van der Waals surface area contributed by atoms with Gasteiger partial charge < -0.3 is 4.74 Å². The van der Waals surface area contributed by atoms with Crippen molar-refractivity contribution in [2.45, 2.75) is 32.6 Å². The van der Waals surface area contributed by atoms with Crippen LogP contribution in [0.3, 0.4) is 0 Å². The van der Waals surface area contributed by atoms with E-state index in [9.17, 15) is 4.79 Å². The van der Waals surface area contributed by atoms with E-state index in [1.165, 1.54) is 19.3 Å². The highest BCUT2D eigenvalue weighted by Gasteiger charge is 1.80. The fourth-order valence-corrected chi connectivity index (χ4v) is 0.571. The zero-order valence-corrected chi connectivity index (χ0v) is 6.14. The Morgan fingerprint density at radius 3 is 2.80 bits per heavy atom. The van der Waals surface area contributed by atoms with Gasteiger partial charge in [0.05, 0.1) is 0 Å². The van der Waals surface area contributed by atoms with E-state index in [4.69, 9.17) is 0 Å². The summed E-state index contributed by atoms with van der Waals surface area (Å²) in [5.41, 5.74) is 0. The number of carbonyl (C=O) groups excluding carboxylic acids is 1. The number of unbranched alkanes of at least 4 members (excludes halogenated alkanes) is 3. The first-order chi connectivity index (χ1) is 4.91. The van der Waals surface area contributed by atoms with Crippen LogP contribution in [-0.2, 0) is 9.53 Å². The maximum Gasteiger partial charge on any atom is 0.432 e. The SMILES string of the molecule is CCCCCC#CO[C]=O. The summed E-state index contributed by atoms with van der Waals surface area (Å²) in [5, 5.41) is 0. The van der Waals surface area contributed by atoms with Crippen LogP contribution >= 0.6 is 0 Å². The van der Waals surface area contributed by atoms with Gasteiger partial charge in [-0.15, -0.1) is 0 Å². The molecule has 0 amide bonds. The lowest BCUT2D eigenvalue weighted by atomic mass is 10.2. The van der Waals surface area contributed by atoms with Crippen molar-refractivity contribution in [1.29, 1.82) is 0 Å². The van der Waals surface area contributed by atoms with Crippen LogP contribution in [0.2, 0.25) is 0 Å². The second-order valence-electron chi connectivity index (χ2n) is 1.92. The van der Waals surface area contributed by atoms with Gasteiger partial charge in [0, 0.05) is 6.42 Å². The van der Waals surface area contributed by atoms with Crippen molar-refractivity contribution >= 4 is 6.47 Å². The standard InChI is InChI=1S/C8H11O2/c1-2-3-4-5-6-7-10-8-9/h2-5H2,1H3. The Hall–Kier alpha value is -0.970. The Balaban J connectivity index is 3.03. The zero-order valence-electron chi connectivity index (χ0n) is 6.14. The van der Waals surface area contributed by atoms with Gasteiger partial charge in [-0.25, -0.2) is 4.79 Å². The lowest BCUT2D eigenvalue weighted by molar-refractivity contribution is 0.420. The van der Waals surface area contributed by atoms with Crippen molar-refractivity contribution in [2.75, 3.05) is 0 Å². The molecule has 2 heteroatoms. The highest BCUT2D eigenvalue weighted by atomic mass is 16.5. The highest BCUT2D eigenvalue weighted by Crippen LogP contribution is 1.96. The molecule has 2 nitrogen and oxygen atoms in total. The summed E-state index contributed by atoms with van der Waals surface area (Å²) in [6.45, 7) is 3.36. The van der Waals surface area contributed by atoms with Crippen molar-refractivity contribution in [1.82, 2.24) is 0 Å². The van der Waals surface area contributed by atoms with E-state index in [0.717, 1.165) is 12.8 Å². The zero-order chi connectivity index (χ0) is 7.66. The third-order valence-electron chi connectivity index (χ3n) is 1.07. The average molecular weight is 139 g/mol. The monoisotopic (exact) mass is 139 g/mol. The van der Waals surface area contributed by atoms with Crippen LogP contribution in [0.5, 0.6) is 0 Å². The molecule has 0 aliphatic rings. The van der Waals surface area contributed by atoms with E-state index in [1.54, 1.807) is 0 Å². The van der Waals surface area contributed by atoms with Gasteiger partial charge in [0.15, 0.2) is 0 Å². The van der Waals surface area contributed by atoms with Gasteiger partial charge in [-0.2, -0.15) is 0 Å². The van der Waals surface area contributed by atoms with Crippen LogP contribution in [0.4, 0.5) is 0 Å². The van der Waals surface area contributed by atoms with Gasteiger partial charge in [0.2, 0.25) is 0 Å². The minimum atomic E-state index is 0.801. The minimum absolute atomic E-state index is 0.801. The number of hydrogen-bond acceptors (Lipinski definition) is 2. The summed E-state index contributed by atoms with van der Waals surface area (Å²) in [4.78, 5) is 9.44. The molecule has 0 aliphatic heterocycles. The quantitative estimate of drug-likeness (QED) is 0.437. The predicted molar refractivity (Wildman–Crippen MR) is 38.7 cm³/mol. The predicted octanol–water partition coefficient (Wildman–Crippen LogP) is 1.61. The summed E-state index contributed by atoms with van der Waals surface area (Å²) in [5.74, 6) is 2.69. The van der Waals surface area contributed by atoms with E-state index >= 15 is 0 Å². The first-order valence-electron chi connectivity index (χ1n) is 3.42. The molecule has 0 heterocycles. The van der Waals surface area contributed by atoms with Crippen LogP contribution in [0.1, 0.15) is 32.6 Å². The molecule has 0 saturated heterocycles. The maximum absolute atomic E-state index is 9.44. The summed E-state index contributed by atoms with van der Waals surface area (Å²) in [6, 6.07) is 0. The molecule has 55 valence electrons. The molecule has 0 aromatic heterocycles. The lowest BCUT2D eigenvalue weighted by Gasteiger charge is -1.86. The van der Waals surface area contributed by atoms with Gasteiger partial charge in [0.1, 0.15) is 6.11 Å². The molecular weight excluding hydrogens is 128 g/mol. The molecule has 0 bridgehead atoms. The van der Waals surface area contributed by atoms with Crippen molar-refractivity contribution in [3.8, 4) is 12.0 Å². The van der Waals surface area contributed by atoms with Crippen molar-refractivity contribution < 1.29 is 9.53 Å². The molecule has 0 rings (SSSR count). The van der Waals surface area contributed by atoms with E-state index in [0.29, 0.717) is 0 Å². The first-order valence-corrected chi connectivity index (χ1v) is 3.42. The Bertz CT molecular complexity index is 130. The average Bonchev–Trinajstić information content (AvgIpc) is 1.97. The van der Waals surface area contributed by atoms with Gasteiger partial charge >= 0.3 is 6.47 Å². The Morgan fingerprint density at radius 1 is 1.40 bits per heavy atom. The molecule has 0 N–H and O–H groups in total. The molecule has 0 unspecified atom stereocenters. The maximum atomic E-state index is 9.44. The van der Waals surface area contributed by atoms with Crippen LogP contribution in [0.25, 0.3) is 0 Å². The van der Waals surface area contributed by atoms with E-state index in [2.05, 4.69) is 23.7 Å². The van der Waals surface area contributed by atoms with Gasteiger partial charge in [-0.1, -0.05) is 25.7 Å². The van der Waals surface area contributed by atoms with Crippen molar-refractivity contribution in [3.63, 3.8) is 0 Å². The fraction of sp³-hybridized carbons (Fsp3) is 0.625. The second-order valence-corrected chi connectivity index (χ2v) is 1.92. The van der Waals surface area contributed by atoms with Crippen molar-refractivity contribution in [2.24, 2.45) is 0 Å².